The highest BCUT2D eigenvalue weighted by atomic mass is 19.1. The summed E-state index contributed by atoms with van der Waals surface area (Å²) < 4.78 is 24.5. The molecule has 2 aromatic carbocycles. The predicted molar refractivity (Wildman–Crippen MR) is 121 cm³/mol. The Balaban J connectivity index is 1.40. The Kier molecular flexibility index (Phi) is 7.12. The van der Waals surface area contributed by atoms with Crippen molar-refractivity contribution in [3.05, 3.63) is 83.9 Å². The molecule has 0 unspecified atom stereocenters. The largest absolute Gasteiger partial charge is 0.482 e. The zero-order valence-corrected chi connectivity index (χ0v) is 18.2. The summed E-state index contributed by atoms with van der Waals surface area (Å²) in [6.45, 7) is -0.450. The highest BCUT2D eigenvalue weighted by molar-refractivity contribution is 6.04. The summed E-state index contributed by atoms with van der Waals surface area (Å²) in [4.78, 5) is 43.1. The number of ketones is 1. The molecule has 34 heavy (non-hydrogen) atoms. The molecule has 0 aliphatic carbocycles. The number of nitrogens with one attached hydrogen (secondary N) is 1. The van der Waals surface area contributed by atoms with Gasteiger partial charge < -0.3 is 14.8 Å². The first-order valence-corrected chi connectivity index (χ1v) is 10.7. The first-order chi connectivity index (χ1) is 16.5. The molecule has 4 rings (SSSR count). The van der Waals surface area contributed by atoms with Gasteiger partial charge in [0.25, 0.3) is 5.91 Å². The lowest BCUT2D eigenvalue weighted by atomic mass is 10.1. The van der Waals surface area contributed by atoms with Gasteiger partial charge >= 0.3 is 0 Å². The number of nitrogens with zero attached hydrogens (tertiary/aromatic N) is 2. The molecule has 1 N–H and O–H groups in total. The van der Waals surface area contributed by atoms with E-state index in [1.54, 1.807) is 18.3 Å². The molecule has 0 spiro atoms. The van der Waals surface area contributed by atoms with E-state index in [9.17, 15) is 18.8 Å². The number of ether oxygens (including phenoxy) is 2. The van der Waals surface area contributed by atoms with Crippen molar-refractivity contribution in [2.24, 2.45) is 0 Å². The van der Waals surface area contributed by atoms with Gasteiger partial charge in [-0.15, -0.1) is 0 Å². The van der Waals surface area contributed by atoms with E-state index in [4.69, 9.17) is 9.47 Å². The quantitative estimate of drug-likeness (QED) is 0.490. The zero-order chi connectivity index (χ0) is 23.9. The van der Waals surface area contributed by atoms with Crippen LogP contribution in [0.2, 0.25) is 0 Å². The first kappa shape index (κ1) is 22.9. The number of pyridine rings is 1. The summed E-state index contributed by atoms with van der Waals surface area (Å²) in [5.74, 6) is -1.39. The molecule has 0 radical (unpaired) electrons. The smallest absolute Gasteiger partial charge is 0.265 e. The monoisotopic (exact) mass is 463 g/mol. The van der Waals surface area contributed by atoms with Crippen LogP contribution in [0.15, 0.2) is 66.9 Å². The molecule has 0 atom stereocenters. The van der Waals surface area contributed by atoms with Crippen molar-refractivity contribution in [3.8, 4) is 11.5 Å². The van der Waals surface area contributed by atoms with Gasteiger partial charge in [0.2, 0.25) is 5.91 Å². The molecule has 174 valence electrons. The van der Waals surface area contributed by atoms with Crippen LogP contribution in [0, 0.1) is 5.82 Å². The minimum atomic E-state index is -0.569. The number of carbonyl (C=O) groups is 3. The third kappa shape index (κ3) is 5.55. The van der Waals surface area contributed by atoms with Crippen LogP contribution in [-0.4, -0.2) is 48.9 Å². The number of benzene rings is 2. The first-order valence-electron chi connectivity index (χ1n) is 10.7. The minimum Gasteiger partial charge on any atom is -0.482 e. The molecule has 0 bridgehead atoms. The van der Waals surface area contributed by atoms with Gasteiger partial charge in [-0.3, -0.25) is 24.3 Å². The van der Waals surface area contributed by atoms with Gasteiger partial charge in [0.1, 0.15) is 12.3 Å². The normalized spacial score (nSPS) is 12.5. The number of fused-ring (bicyclic) bond motifs is 1. The van der Waals surface area contributed by atoms with Gasteiger partial charge in [-0.1, -0.05) is 18.2 Å². The molecule has 8 nitrogen and oxygen atoms in total. The highest BCUT2D eigenvalue weighted by Crippen LogP contribution is 2.33. The number of anilines is 1. The van der Waals surface area contributed by atoms with Gasteiger partial charge in [-0.2, -0.15) is 0 Å². The lowest BCUT2D eigenvalue weighted by molar-refractivity contribution is -0.125. The standard InChI is InChI=1S/C25H22FN3O5/c26-19-6-1-2-7-22(19)33-15-21(30)17-8-9-23-20(13-17)29(25(32)16-34-23)14-24(31)28-12-10-18-5-3-4-11-27-18/h1-9,11,13H,10,12,14-16H2,(H,28,31). The second-order valence-electron chi connectivity index (χ2n) is 7.51. The average molecular weight is 463 g/mol. The average Bonchev–Trinajstić information content (AvgIpc) is 2.85. The van der Waals surface area contributed by atoms with Crippen molar-refractivity contribution in [1.29, 1.82) is 0 Å². The van der Waals surface area contributed by atoms with Crippen molar-refractivity contribution in [2.45, 2.75) is 6.42 Å². The van der Waals surface area contributed by atoms with E-state index in [0.717, 1.165) is 5.69 Å². The molecule has 1 aliphatic rings. The maximum Gasteiger partial charge on any atom is 0.265 e. The Morgan fingerprint density at radius 3 is 2.74 bits per heavy atom. The highest BCUT2D eigenvalue weighted by Gasteiger charge is 2.28. The molecule has 0 fully saturated rings. The maximum absolute atomic E-state index is 13.7. The number of amides is 2. The summed E-state index contributed by atoms with van der Waals surface area (Å²) in [5.41, 5.74) is 1.40. The van der Waals surface area contributed by atoms with Crippen LogP contribution in [-0.2, 0) is 16.0 Å². The fourth-order valence-corrected chi connectivity index (χ4v) is 3.41. The Labute approximate surface area is 195 Å². The molecule has 0 saturated heterocycles. The van der Waals surface area contributed by atoms with Crippen molar-refractivity contribution in [1.82, 2.24) is 10.3 Å². The summed E-state index contributed by atoms with van der Waals surface area (Å²) in [5, 5.41) is 2.77. The van der Waals surface area contributed by atoms with Crippen LogP contribution in [0.1, 0.15) is 16.1 Å². The number of rotatable bonds is 9. The van der Waals surface area contributed by atoms with Gasteiger partial charge in [0.05, 0.1) is 5.69 Å². The Hall–Kier alpha value is -4.27. The predicted octanol–water partition coefficient (Wildman–Crippen LogP) is 2.57. The summed E-state index contributed by atoms with van der Waals surface area (Å²) in [6, 6.07) is 15.9. The second kappa shape index (κ2) is 10.6. The topological polar surface area (TPSA) is 97.8 Å². The number of para-hydroxylation sites is 1. The molecule has 2 amide bonds. The number of hydrogen-bond donors (Lipinski definition) is 1. The second-order valence-corrected chi connectivity index (χ2v) is 7.51. The maximum atomic E-state index is 13.7. The summed E-state index contributed by atoms with van der Waals surface area (Å²) in [7, 11) is 0. The van der Waals surface area contributed by atoms with Crippen molar-refractivity contribution < 1.29 is 28.2 Å². The number of Topliss-reactive ketones (excluding diaryl/α,β-unsaturated/α-hetero) is 1. The molecule has 0 saturated carbocycles. The third-order valence-electron chi connectivity index (χ3n) is 5.15. The van der Waals surface area contributed by atoms with E-state index in [2.05, 4.69) is 10.3 Å². The Bertz CT molecular complexity index is 1200. The third-order valence-corrected chi connectivity index (χ3v) is 5.15. The fraction of sp³-hybridized carbons (Fsp3) is 0.200. The van der Waals surface area contributed by atoms with E-state index in [-0.39, 0.29) is 37.0 Å². The number of aromatic nitrogens is 1. The molecule has 1 aliphatic heterocycles. The zero-order valence-electron chi connectivity index (χ0n) is 18.2. The van der Waals surface area contributed by atoms with Crippen LogP contribution in [0.5, 0.6) is 11.5 Å². The molecule has 9 heteroatoms. The fourth-order valence-electron chi connectivity index (χ4n) is 3.41. The van der Waals surface area contributed by atoms with E-state index in [1.807, 2.05) is 18.2 Å². The van der Waals surface area contributed by atoms with Crippen molar-refractivity contribution in [2.75, 3.05) is 31.2 Å². The summed E-state index contributed by atoms with van der Waals surface area (Å²) >= 11 is 0. The minimum absolute atomic E-state index is 0.0312. The van der Waals surface area contributed by atoms with E-state index in [0.29, 0.717) is 24.4 Å². The Morgan fingerprint density at radius 2 is 1.94 bits per heavy atom. The number of carbonyl (C=O) groups excluding carboxylic acids is 3. The Morgan fingerprint density at radius 1 is 1.12 bits per heavy atom. The SMILES string of the molecule is O=C(CN1C(=O)COc2ccc(C(=O)COc3ccccc3F)cc21)NCCc1ccccn1. The van der Waals surface area contributed by atoms with Gasteiger partial charge in [-0.25, -0.2) is 4.39 Å². The van der Waals surface area contributed by atoms with Gasteiger partial charge in [0, 0.05) is 30.4 Å². The molecular formula is C25H22FN3O5. The van der Waals surface area contributed by atoms with Crippen molar-refractivity contribution >= 4 is 23.3 Å². The van der Waals surface area contributed by atoms with Gasteiger partial charge in [-0.05, 0) is 42.5 Å². The van der Waals surface area contributed by atoms with Crippen LogP contribution in [0.4, 0.5) is 10.1 Å². The molecule has 1 aromatic heterocycles. The van der Waals surface area contributed by atoms with E-state index in [1.165, 1.54) is 35.2 Å². The van der Waals surface area contributed by atoms with E-state index < -0.39 is 17.5 Å². The van der Waals surface area contributed by atoms with Gasteiger partial charge in [0.15, 0.2) is 30.6 Å². The van der Waals surface area contributed by atoms with Crippen LogP contribution < -0.4 is 19.7 Å². The number of halogens is 1. The lowest BCUT2D eigenvalue weighted by Gasteiger charge is -2.29. The van der Waals surface area contributed by atoms with Crippen LogP contribution in [0.3, 0.4) is 0 Å². The van der Waals surface area contributed by atoms with Crippen LogP contribution >= 0.6 is 0 Å². The molecule has 2 heterocycles. The van der Waals surface area contributed by atoms with Crippen molar-refractivity contribution in [3.63, 3.8) is 0 Å². The molecular weight excluding hydrogens is 441 g/mol. The summed E-state index contributed by atoms with van der Waals surface area (Å²) in [6.07, 6.45) is 2.24. The molecule has 3 aromatic rings. The van der Waals surface area contributed by atoms with E-state index >= 15 is 0 Å². The lowest BCUT2D eigenvalue weighted by Crippen LogP contribution is -2.45. The van der Waals surface area contributed by atoms with Crippen LogP contribution in [0.25, 0.3) is 0 Å². The number of hydrogen-bond acceptors (Lipinski definition) is 6.